The highest BCUT2D eigenvalue weighted by atomic mass is 16.5. The summed E-state index contributed by atoms with van der Waals surface area (Å²) in [7, 11) is 1.47. The minimum atomic E-state index is -0.752. The van der Waals surface area contributed by atoms with E-state index in [4.69, 9.17) is 35.8 Å². The van der Waals surface area contributed by atoms with Crippen LogP contribution in [0.5, 0.6) is 0 Å². The number of ketones is 8. The van der Waals surface area contributed by atoms with Crippen molar-refractivity contribution < 1.29 is 72.4 Å². The first-order chi connectivity index (χ1) is 68.1. The van der Waals surface area contributed by atoms with Crippen LogP contribution in [0.25, 0.3) is 19.4 Å². The number of nitrogens with zero attached hydrogens (tertiary/aromatic N) is 4. The number of aliphatic carboxylic acids is 1. The van der Waals surface area contributed by atoms with Crippen molar-refractivity contribution in [2.75, 3.05) is 20.3 Å². The lowest BCUT2D eigenvalue weighted by Gasteiger charge is -2.72. The summed E-state index contributed by atoms with van der Waals surface area (Å²) in [6, 6.07) is 0. The molecule has 0 aromatic rings. The SMILES string of the molecule is [C-]#[N+]C1=C[C@]2(C)C3=CC(=O)[C@@H]4[C@@H]5CC(C)(C)CC[C@]5(CC(=O)O)CC[C@@]4(C)[C@]3(C)CC[C@H]2C(C)(C)C1=O.[C-]#[N+]C1=C[C@]2(C)C3=CC(=O)[C@@H]4[C@@H]5CC(C)(C)CC[C@]5(CC(=O)OC)CC[C@@]4(C)[C@]3(C)CC[C@H]2C(C)(C)C1=O.[C-]#[N+]C1=C[C@]2(C)[C@H]3CC(=O)[C@@H]4[C@@H]5CC(C)(C)CC[C@]5(CO)CC[C@@]4(C)[C@]3(C)CC[C@H]2C(C)(C)C1=O.[C-]#[N+]C1=C[C@]2(C)[C@H]3CC(=O)[C@@H]4[C@@H]5CC(C)(C)CC[C@]5(COC(C)=O)CC[C@@]4(C)[C@]3(C)CC[C@H]2C(C)(C)C1=O. The van der Waals surface area contributed by atoms with Gasteiger partial charge in [-0.15, -0.1) is 0 Å². The van der Waals surface area contributed by atoms with Crippen LogP contribution in [0, 0.1) is 239 Å². The van der Waals surface area contributed by atoms with Gasteiger partial charge in [0.2, 0.25) is 22.8 Å². The molecule has 19 nitrogen and oxygen atoms in total. The maximum atomic E-state index is 14.5. The standard InChI is InChI=1S/C33H45NO4.C33H47NO4.C32H43NO4.C31H45NO3/c1-28(2)12-14-33(19-25(36)38-9)15-13-32(7)26(20(33)17-28)22(35)16-24-30(5)18-21(34-8)27(37)29(3,4)23(30)10-11-31(24,32)6;1-20(35)38-19-33-14-12-28(2,3)17-21(33)26-23(36)16-25-30(6)18-22(34-9)27(37)29(4,5)24(30)10-11-31(25,7)32(26,8)13-15-33;1-27(2)11-13-32(18-24(35)36)14-12-31(7)25(19(32)16-27)21(34)15-23-29(5)17-20(33-8)26(37)28(3,4)22(29)9-10-30(23,31)6;1-26(2)11-13-31(18-33)14-12-30(7)24(19(31)16-26)21(34)15-23-28(5)17-20(32-8)25(35)27(3,4)22(28)9-10-29(23,30)6/h16,18,20,23,26H,10-15,17,19H2,1-7,9H3;18,21,24-26H,10-17,19H2,1-8H3;15,17,19,22,25H,9-14,16,18H2,1-7H3,(H,35,36);17,19,22-24,33H,9-16,18H2,1-7H3/t20-,23-,26-,30-,31+,32+,33+;21-,24-,25+,26-,30-,31+,32+,33+;19-,22-,25-,29-,30+,31+,32+;19-,22-,23+,24-,28-,29+,30+,31+/m0000/s1. The van der Waals surface area contributed by atoms with Crippen molar-refractivity contribution in [2.45, 2.75) is 406 Å². The van der Waals surface area contributed by atoms with E-state index in [1.54, 1.807) is 0 Å². The number of aliphatic hydroxyl groups excluding tert-OH is 1. The fourth-order valence-corrected chi connectivity index (χ4v) is 42.2. The zero-order valence-electron chi connectivity index (χ0n) is 96.1. The highest BCUT2D eigenvalue weighted by Gasteiger charge is 2.79. The first-order valence-corrected chi connectivity index (χ1v) is 57.3. The number of allylic oxidation sites excluding steroid dienone is 12. The lowest BCUT2D eigenvalue weighted by molar-refractivity contribution is -0.227. The first-order valence-electron chi connectivity index (χ1n) is 57.3. The van der Waals surface area contributed by atoms with Crippen LogP contribution in [0.1, 0.15) is 406 Å². The van der Waals surface area contributed by atoms with Gasteiger partial charge in [0.25, 0.3) is 0 Å². The summed E-state index contributed by atoms with van der Waals surface area (Å²) in [5, 5.41) is 20.6. The summed E-state index contributed by atoms with van der Waals surface area (Å²) in [6.45, 7) is 95.3. The van der Waals surface area contributed by atoms with Gasteiger partial charge in [-0.25, -0.2) is 19.4 Å². The van der Waals surface area contributed by atoms with Gasteiger partial charge in [0, 0.05) is 87.9 Å². The summed E-state index contributed by atoms with van der Waals surface area (Å²) in [4.78, 5) is 162. The minimum Gasteiger partial charge on any atom is -0.481 e. The second kappa shape index (κ2) is 35.1. The van der Waals surface area contributed by atoms with Crippen LogP contribution in [0.3, 0.4) is 0 Å². The predicted octanol–water partition coefficient (Wildman–Crippen LogP) is 28.0. The largest absolute Gasteiger partial charge is 0.481 e. The van der Waals surface area contributed by atoms with E-state index in [1.165, 1.54) is 14.0 Å². The molecule has 0 amide bonds. The smallest absolute Gasteiger partial charge is 0.306 e. The molecule has 0 saturated heterocycles. The molecule has 20 aliphatic carbocycles. The zero-order valence-corrected chi connectivity index (χ0v) is 96.1. The number of carbonyl (C=O) groups is 11. The monoisotopic (exact) mass is 2030 g/mol. The van der Waals surface area contributed by atoms with E-state index in [0.29, 0.717) is 37.4 Å². The molecule has 0 radical (unpaired) electrons. The number of carboxylic acids is 1. The molecule has 14 fully saturated rings. The molecule has 14 saturated carbocycles. The third-order valence-corrected chi connectivity index (χ3v) is 51.4. The zero-order chi connectivity index (χ0) is 109. The van der Waals surface area contributed by atoms with Gasteiger partial charge in [0.15, 0.2) is 34.7 Å². The second-order valence-corrected chi connectivity index (χ2v) is 61.5. The van der Waals surface area contributed by atoms with Crippen molar-refractivity contribution >= 4 is 64.2 Å². The fraction of sp³-hybridized carbons (Fsp3) is 0.791. The number of esters is 2. The fourth-order valence-electron chi connectivity index (χ4n) is 42.2. The highest BCUT2D eigenvalue weighted by Crippen LogP contribution is 2.83. The first kappa shape index (κ1) is 111. The van der Waals surface area contributed by atoms with Crippen molar-refractivity contribution in [1.82, 2.24) is 0 Å². The molecule has 20 rings (SSSR count). The Morgan fingerprint density at radius 3 is 0.973 bits per heavy atom. The van der Waals surface area contributed by atoms with Gasteiger partial charge in [-0.05, 0) is 343 Å². The molecule has 2 N–H and O–H groups in total. The molecular formula is C129H180N4O15. The number of carboxylic acid groups (broad SMARTS) is 1. The van der Waals surface area contributed by atoms with E-state index in [2.05, 4.69) is 158 Å². The Balaban J connectivity index is 0.000000135. The van der Waals surface area contributed by atoms with Crippen molar-refractivity contribution in [3.63, 3.8) is 0 Å². The van der Waals surface area contributed by atoms with Crippen molar-refractivity contribution in [1.29, 1.82) is 0 Å². The average molecular weight is 2030 g/mol. The van der Waals surface area contributed by atoms with Gasteiger partial charge < -0.3 is 38.9 Å². The van der Waals surface area contributed by atoms with E-state index < -0.39 is 38.5 Å². The molecule has 148 heavy (non-hydrogen) atoms. The summed E-state index contributed by atoms with van der Waals surface area (Å²) >= 11 is 0. The molecular weight excluding hydrogens is 1850 g/mol. The van der Waals surface area contributed by atoms with Gasteiger partial charge in [0.1, 0.15) is 11.6 Å². The average Bonchev–Trinajstić information content (AvgIpc) is 0.679. The Morgan fingerprint density at radius 1 is 0.345 bits per heavy atom. The maximum Gasteiger partial charge on any atom is 0.306 e. The van der Waals surface area contributed by atoms with E-state index in [-0.39, 0.29) is 263 Å². The number of Topliss-reactive ketones (excluding diaryl/α,β-unsaturated/α-hetero) is 6. The third kappa shape index (κ3) is 15.5. The van der Waals surface area contributed by atoms with Crippen LogP contribution >= 0.6 is 0 Å². The molecule has 19 heteroatoms. The van der Waals surface area contributed by atoms with Gasteiger partial charge >= 0.3 is 17.9 Å². The van der Waals surface area contributed by atoms with Crippen molar-refractivity contribution in [3.05, 3.63) is 116 Å². The Hall–Kier alpha value is -7.87. The number of ether oxygens (including phenoxy) is 2. The molecule has 0 unspecified atom stereocenters. The number of carbonyl (C=O) groups excluding carboxylic acids is 10. The Morgan fingerprint density at radius 2 is 0.635 bits per heavy atom. The van der Waals surface area contributed by atoms with Crippen molar-refractivity contribution in [3.8, 4) is 0 Å². The molecule has 0 aromatic carbocycles. The maximum absolute atomic E-state index is 14.5. The van der Waals surface area contributed by atoms with Gasteiger partial charge in [-0.2, -0.15) is 0 Å². The minimum absolute atomic E-state index is 0.00748. The Labute approximate surface area is 886 Å². The van der Waals surface area contributed by atoms with E-state index in [1.807, 2.05) is 91.8 Å². The number of fused-ring (bicyclic) bond motifs is 28. The number of methoxy groups -OCH3 is 1. The molecule has 30 atom stereocenters. The van der Waals surface area contributed by atoms with Crippen LogP contribution < -0.4 is 0 Å². The van der Waals surface area contributed by atoms with E-state index in [9.17, 15) is 63.0 Å². The third-order valence-electron chi connectivity index (χ3n) is 51.4. The quantitative estimate of drug-likeness (QED) is 0.177. The van der Waals surface area contributed by atoms with Crippen LogP contribution in [-0.4, -0.2) is 94.7 Å². The van der Waals surface area contributed by atoms with Gasteiger partial charge in [-0.1, -0.05) is 229 Å². The van der Waals surface area contributed by atoms with Crippen LogP contribution in [-0.2, 0) is 62.2 Å². The lowest BCUT2D eigenvalue weighted by Crippen LogP contribution is -2.69. The summed E-state index contributed by atoms with van der Waals surface area (Å²) in [5.74, 6) is 0.527. The molecule has 0 aromatic heterocycles. The molecule has 20 aliphatic rings. The second-order valence-electron chi connectivity index (χ2n) is 61.5. The number of rotatable bonds is 7. The normalized spacial score (nSPS) is 46.8. The summed E-state index contributed by atoms with van der Waals surface area (Å²) in [5.41, 5.74) is -2.72. The van der Waals surface area contributed by atoms with Gasteiger partial charge in [0.05, 0.1) is 52.8 Å². The molecule has 806 valence electrons. The van der Waals surface area contributed by atoms with Crippen molar-refractivity contribution in [2.24, 2.45) is 213 Å². The summed E-state index contributed by atoms with van der Waals surface area (Å²) in [6.07, 6.45) is 40.1. The highest BCUT2D eigenvalue weighted by molar-refractivity contribution is 6.06. The number of hydrogen-bond donors (Lipinski definition) is 2. The topological polar surface area (TPSA) is 264 Å². The molecule has 0 aliphatic heterocycles. The molecule has 0 bridgehead atoms. The van der Waals surface area contributed by atoms with E-state index in [0.717, 1.165) is 191 Å². The Kier molecular flexibility index (Phi) is 26.4. The summed E-state index contributed by atoms with van der Waals surface area (Å²) < 4.78 is 10.9. The molecule has 0 spiro atoms. The number of aliphatic hydroxyl groups is 1. The Bertz CT molecular complexity index is 6060. The predicted molar refractivity (Wildman–Crippen MR) is 572 cm³/mol. The van der Waals surface area contributed by atoms with Gasteiger partial charge in [-0.3, -0.25) is 33.6 Å². The van der Waals surface area contributed by atoms with Crippen LogP contribution in [0.15, 0.2) is 70.4 Å². The molecule has 0 heterocycles. The lowest BCUT2D eigenvalue weighted by atomic mass is 9.32. The number of hydrogen-bond acceptors (Lipinski definition) is 14. The van der Waals surface area contributed by atoms with Crippen LogP contribution in [0.2, 0.25) is 0 Å². The van der Waals surface area contributed by atoms with Crippen LogP contribution in [0.4, 0.5) is 0 Å². The van der Waals surface area contributed by atoms with E-state index >= 15 is 0 Å².